The minimum absolute atomic E-state index is 0.0596. The van der Waals surface area contributed by atoms with Crippen LogP contribution in [-0.2, 0) is 11.8 Å². The first kappa shape index (κ1) is 10.3. The molecule has 0 atom stereocenters. The van der Waals surface area contributed by atoms with Gasteiger partial charge in [-0.15, -0.1) is 5.10 Å². The van der Waals surface area contributed by atoms with Crippen LogP contribution < -0.4 is 0 Å². The van der Waals surface area contributed by atoms with Crippen LogP contribution in [0.4, 0.5) is 0 Å². The van der Waals surface area contributed by atoms with Gasteiger partial charge in [-0.2, -0.15) is 0 Å². The minimum atomic E-state index is 0.0596. The lowest BCUT2D eigenvalue weighted by molar-refractivity contribution is 0.0369. The standard InChI is InChI=1S/C9H14N4O2/c1-12-8(6-10-11-12)9(14)7-13-2-4-15-5-3-13/h6H,2-5,7H2,1H3. The predicted octanol–water partition coefficient (Wildman–Crippen LogP) is -0.670. The van der Waals surface area contributed by atoms with E-state index in [1.165, 1.54) is 10.9 Å². The first-order valence-corrected chi connectivity index (χ1v) is 4.95. The summed E-state index contributed by atoms with van der Waals surface area (Å²) in [5.74, 6) is 0.0596. The molecule has 0 N–H and O–H groups in total. The zero-order valence-corrected chi connectivity index (χ0v) is 8.72. The monoisotopic (exact) mass is 210 g/mol. The molecular formula is C9H14N4O2. The molecule has 6 heteroatoms. The molecule has 2 rings (SSSR count). The van der Waals surface area contributed by atoms with E-state index < -0.39 is 0 Å². The first-order valence-electron chi connectivity index (χ1n) is 4.95. The van der Waals surface area contributed by atoms with Crippen molar-refractivity contribution >= 4 is 5.78 Å². The highest BCUT2D eigenvalue weighted by molar-refractivity contribution is 5.95. The Kier molecular flexibility index (Phi) is 3.08. The zero-order chi connectivity index (χ0) is 10.7. The van der Waals surface area contributed by atoms with E-state index in [-0.39, 0.29) is 5.78 Å². The number of Topliss-reactive ketones (excluding diaryl/α,β-unsaturated/α-hetero) is 1. The van der Waals surface area contributed by atoms with E-state index in [1.54, 1.807) is 7.05 Å². The molecule has 0 aliphatic carbocycles. The molecule has 1 aliphatic rings. The summed E-state index contributed by atoms with van der Waals surface area (Å²) in [6.07, 6.45) is 1.50. The van der Waals surface area contributed by atoms with E-state index in [0.29, 0.717) is 25.5 Å². The minimum Gasteiger partial charge on any atom is -0.379 e. The summed E-state index contributed by atoms with van der Waals surface area (Å²) in [5.41, 5.74) is 0.557. The number of aromatic nitrogens is 3. The van der Waals surface area contributed by atoms with Crippen molar-refractivity contribution in [3.8, 4) is 0 Å². The Bertz CT molecular complexity index is 344. The quantitative estimate of drug-likeness (QED) is 0.619. The van der Waals surface area contributed by atoms with Crippen LogP contribution >= 0.6 is 0 Å². The Morgan fingerprint density at radius 3 is 2.87 bits per heavy atom. The van der Waals surface area contributed by atoms with Gasteiger partial charge in [0.15, 0.2) is 5.78 Å². The maximum atomic E-state index is 11.8. The molecule has 1 saturated heterocycles. The van der Waals surface area contributed by atoms with Crippen LogP contribution in [0.1, 0.15) is 10.5 Å². The summed E-state index contributed by atoms with van der Waals surface area (Å²) in [7, 11) is 1.72. The fourth-order valence-corrected chi connectivity index (χ4v) is 1.59. The fraction of sp³-hybridized carbons (Fsp3) is 0.667. The average molecular weight is 210 g/mol. The highest BCUT2D eigenvalue weighted by Gasteiger charge is 2.17. The highest BCUT2D eigenvalue weighted by Crippen LogP contribution is 2.01. The Morgan fingerprint density at radius 2 is 2.27 bits per heavy atom. The van der Waals surface area contributed by atoms with Gasteiger partial charge in [-0.1, -0.05) is 5.21 Å². The zero-order valence-electron chi connectivity index (χ0n) is 8.72. The Hall–Kier alpha value is -1.27. The Morgan fingerprint density at radius 1 is 1.53 bits per heavy atom. The van der Waals surface area contributed by atoms with Crippen molar-refractivity contribution in [2.75, 3.05) is 32.8 Å². The number of hydrogen-bond donors (Lipinski definition) is 0. The van der Waals surface area contributed by atoms with Gasteiger partial charge >= 0.3 is 0 Å². The molecule has 0 aromatic carbocycles. The number of hydrogen-bond acceptors (Lipinski definition) is 5. The van der Waals surface area contributed by atoms with Crippen molar-refractivity contribution in [2.45, 2.75) is 0 Å². The smallest absolute Gasteiger partial charge is 0.196 e. The van der Waals surface area contributed by atoms with Crippen LogP contribution in [0.15, 0.2) is 6.20 Å². The molecule has 1 aromatic heterocycles. The molecule has 1 aliphatic heterocycles. The number of carbonyl (C=O) groups excluding carboxylic acids is 1. The third-order valence-corrected chi connectivity index (χ3v) is 2.47. The second-order valence-corrected chi connectivity index (χ2v) is 3.55. The number of morpholine rings is 1. The van der Waals surface area contributed by atoms with Gasteiger partial charge in [0.25, 0.3) is 0 Å². The molecule has 0 saturated carbocycles. The van der Waals surface area contributed by atoms with Crippen molar-refractivity contribution in [2.24, 2.45) is 7.05 Å². The third kappa shape index (κ3) is 2.40. The summed E-state index contributed by atoms with van der Waals surface area (Å²) in [6.45, 7) is 3.46. The molecule has 1 fully saturated rings. The maximum absolute atomic E-state index is 11.8. The van der Waals surface area contributed by atoms with Gasteiger partial charge in [-0.25, -0.2) is 4.68 Å². The molecular weight excluding hydrogens is 196 g/mol. The molecule has 0 spiro atoms. The van der Waals surface area contributed by atoms with Gasteiger partial charge in [0, 0.05) is 20.1 Å². The van der Waals surface area contributed by atoms with Crippen molar-refractivity contribution in [3.05, 3.63) is 11.9 Å². The number of rotatable bonds is 3. The number of ether oxygens (including phenoxy) is 1. The second kappa shape index (κ2) is 4.50. The Balaban J connectivity index is 1.94. The molecule has 0 radical (unpaired) electrons. The molecule has 1 aromatic rings. The number of ketones is 1. The summed E-state index contributed by atoms with van der Waals surface area (Å²) in [5, 5.41) is 7.42. The second-order valence-electron chi connectivity index (χ2n) is 3.55. The van der Waals surface area contributed by atoms with E-state index in [9.17, 15) is 4.79 Å². The van der Waals surface area contributed by atoms with E-state index >= 15 is 0 Å². The molecule has 82 valence electrons. The SMILES string of the molecule is Cn1nncc1C(=O)CN1CCOCC1. The van der Waals surface area contributed by atoms with Crippen LogP contribution in [0, 0.1) is 0 Å². The summed E-state index contributed by atoms with van der Waals surface area (Å²) >= 11 is 0. The molecule has 2 heterocycles. The van der Waals surface area contributed by atoms with Gasteiger partial charge in [0.1, 0.15) is 5.69 Å². The van der Waals surface area contributed by atoms with E-state index in [2.05, 4.69) is 15.2 Å². The molecule has 0 amide bonds. The molecule has 0 bridgehead atoms. The summed E-state index contributed by atoms with van der Waals surface area (Å²) in [4.78, 5) is 13.9. The van der Waals surface area contributed by atoms with Crippen molar-refractivity contribution < 1.29 is 9.53 Å². The van der Waals surface area contributed by atoms with Gasteiger partial charge in [0.05, 0.1) is 26.0 Å². The van der Waals surface area contributed by atoms with Crippen LogP contribution in [0.3, 0.4) is 0 Å². The highest BCUT2D eigenvalue weighted by atomic mass is 16.5. The molecule has 6 nitrogen and oxygen atoms in total. The van der Waals surface area contributed by atoms with E-state index in [1.807, 2.05) is 0 Å². The van der Waals surface area contributed by atoms with E-state index in [0.717, 1.165) is 13.1 Å². The van der Waals surface area contributed by atoms with Crippen molar-refractivity contribution in [1.82, 2.24) is 19.9 Å². The third-order valence-electron chi connectivity index (χ3n) is 2.47. The lowest BCUT2D eigenvalue weighted by Crippen LogP contribution is -2.39. The lowest BCUT2D eigenvalue weighted by Gasteiger charge is -2.25. The predicted molar refractivity (Wildman–Crippen MR) is 52.6 cm³/mol. The van der Waals surface area contributed by atoms with Gasteiger partial charge in [-0.05, 0) is 0 Å². The number of aryl methyl sites for hydroxylation is 1. The lowest BCUT2D eigenvalue weighted by atomic mass is 10.2. The maximum Gasteiger partial charge on any atom is 0.196 e. The normalized spacial score (nSPS) is 17.9. The first-order chi connectivity index (χ1) is 7.27. The Labute approximate surface area is 87.8 Å². The number of nitrogens with zero attached hydrogens (tertiary/aromatic N) is 4. The molecule has 15 heavy (non-hydrogen) atoms. The van der Waals surface area contributed by atoms with Crippen LogP contribution in [-0.4, -0.2) is 58.5 Å². The van der Waals surface area contributed by atoms with Crippen molar-refractivity contribution in [3.63, 3.8) is 0 Å². The topological polar surface area (TPSA) is 60.2 Å². The van der Waals surface area contributed by atoms with E-state index in [4.69, 9.17) is 4.74 Å². The van der Waals surface area contributed by atoms with Crippen LogP contribution in [0.5, 0.6) is 0 Å². The fourth-order valence-electron chi connectivity index (χ4n) is 1.59. The largest absolute Gasteiger partial charge is 0.379 e. The van der Waals surface area contributed by atoms with Crippen molar-refractivity contribution in [1.29, 1.82) is 0 Å². The van der Waals surface area contributed by atoms with Gasteiger partial charge in [-0.3, -0.25) is 9.69 Å². The number of carbonyl (C=O) groups is 1. The molecule has 0 unspecified atom stereocenters. The van der Waals surface area contributed by atoms with Crippen LogP contribution in [0.25, 0.3) is 0 Å². The summed E-state index contributed by atoms with van der Waals surface area (Å²) in [6, 6.07) is 0. The average Bonchev–Trinajstić information content (AvgIpc) is 2.66. The summed E-state index contributed by atoms with van der Waals surface area (Å²) < 4.78 is 6.72. The van der Waals surface area contributed by atoms with Crippen LogP contribution in [0.2, 0.25) is 0 Å². The van der Waals surface area contributed by atoms with Gasteiger partial charge < -0.3 is 4.74 Å². The van der Waals surface area contributed by atoms with Gasteiger partial charge in [0.2, 0.25) is 0 Å².